The number of hydrogen-bond donors (Lipinski definition) is 0. The van der Waals surface area contributed by atoms with Crippen LogP contribution in [0, 0.1) is 0 Å². The molecule has 0 amide bonds. The lowest BCUT2D eigenvalue weighted by molar-refractivity contribution is -0.139. The van der Waals surface area contributed by atoms with Gasteiger partial charge in [-0.15, -0.1) is 0 Å². The van der Waals surface area contributed by atoms with Crippen molar-refractivity contribution in [1.82, 2.24) is 0 Å². The van der Waals surface area contributed by atoms with Gasteiger partial charge in [-0.1, -0.05) is 24.3 Å². The van der Waals surface area contributed by atoms with Gasteiger partial charge in [0.05, 0.1) is 13.5 Å². The van der Waals surface area contributed by atoms with E-state index in [1.165, 1.54) is 7.11 Å². The molecular formula is C13H15ClO3. The molecule has 0 aromatic heterocycles. The molecule has 1 rings (SSSR count). The maximum absolute atomic E-state index is 11.0. The third-order valence-corrected chi connectivity index (χ3v) is 2.63. The maximum atomic E-state index is 11.0. The molecule has 0 bridgehead atoms. The van der Waals surface area contributed by atoms with Crippen molar-refractivity contribution in [2.45, 2.75) is 25.7 Å². The molecule has 17 heavy (non-hydrogen) atoms. The SMILES string of the molecule is COC(=O)Cc1ccc(CCCC(=O)Cl)cc1. The second-order valence-electron chi connectivity index (χ2n) is 3.78. The van der Waals surface area contributed by atoms with Crippen molar-refractivity contribution >= 4 is 22.8 Å². The van der Waals surface area contributed by atoms with Crippen molar-refractivity contribution < 1.29 is 14.3 Å². The largest absolute Gasteiger partial charge is 0.469 e. The summed E-state index contributed by atoms with van der Waals surface area (Å²) in [7, 11) is 1.37. The van der Waals surface area contributed by atoms with E-state index in [9.17, 15) is 9.59 Å². The molecule has 0 unspecified atom stereocenters. The minimum Gasteiger partial charge on any atom is -0.469 e. The lowest BCUT2D eigenvalue weighted by atomic mass is 10.0. The quantitative estimate of drug-likeness (QED) is 0.579. The summed E-state index contributed by atoms with van der Waals surface area (Å²) in [5, 5.41) is -0.299. The first-order valence-electron chi connectivity index (χ1n) is 5.45. The van der Waals surface area contributed by atoms with Crippen LogP contribution in [0.3, 0.4) is 0 Å². The third kappa shape index (κ3) is 5.50. The Bertz CT molecular complexity index is 384. The monoisotopic (exact) mass is 254 g/mol. The van der Waals surface area contributed by atoms with Gasteiger partial charge in [0.15, 0.2) is 0 Å². The molecule has 0 aliphatic carbocycles. The molecule has 4 heteroatoms. The normalized spacial score (nSPS) is 10.0. The molecule has 0 saturated carbocycles. The second kappa shape index (κ2) is 7.07. The minimum atomic E-state index is -0.299. The average molecular weight is 255 g/mol. The van der Waals surface area contributed by atoms with Gasteiger partial charge < -0.3 is 4.74 Å². The molecule has 0 saturated heterocycles. The van der Waals surface area contributed by atoms with Gasteiger partial charge in [0.2, 0.25) is 5.24 Å². The summed E-state index contributed by atoms with van der Waals surface area (Å²) in [5.41, 5.74) is 2.06. The van der Waals surface area contributed by atoms with E-state index in [1.54, 1.807) is 0 Å². The third-order valence-electron chi connectivity index (χ3n) is 2.44. The Balaban J connectivity index is 2.44. The van der Waals surface area contributed by atoms with E-state index in [4.69, 9.17) is 11.6 Å². The predicted molar refractivity (Wildman–Crippen MR) is 66.0 cm³/mol. The number of methoxy groups -OCH3 is 1. The number of ether oxygens (including phenoxy) is 1. The van der Waals surface area contributed by atoms with Crippen molar-refractivity contribution in [2.75, 3.05) is 7.11 Å². The minimum absolute atomic E-state index is 0.245. The van der Waals surface area contributed by atoms with Crippen molar-refractivity contribution in [3.8, 4) is 0 Å². The summed E-state index contributed by atoms with van der Waals surface area (Å²) in [6.45, 7) is 0. The van der Waals surface area contributed by atoms with E-state index in [0.717, 1.165) is 24.0 Å². The highest BCUT2D eigenvalue weighted by atomic mass is 35.5. The van der Waals surface area contributed by atoms with Crippen LogP contribution in [-0.2, 0) is 27.2 Å². The Morgan fingerprint density at radius 1 is 1.18 bits per heavy atom. The molecular weight excluding hydrogens is 240 g/mol. The summed E-state index contributed by atoms with van der Waals surface area (Å²) in [6.07, 6.45) is 2.25. The number of rotatable bonds is 6. The molecule has 0 aliphatic heterocycles. The molecule has 0 radical (unpaired) electrons. The van der Waals surface area contributed by atoms with Gasteiger partial charge in [-0.25, -0.2) is 0 Å². The van der Waals surface area contributed by atoms with Gasteiger partial charge in [-0.05, 0) is 35.6 Å². The topological polar surface area (TPSA) is 43.4 Å². The molecule has 3 nitrogen and oxygen atoms in total. The molecule has 1 aromatic rings. The highest BCUT2D eigenvalue weighted by Gasteiger charge is 2.03. The average Bonchev–Trinajstić information content (AvgIpc) is 2.31. The summed E-state index contributed by atoms with van der Waals surface area (Å²) in [6, 6.07) is 7.71. The fraction of sp³-hybridized carbons (Fsp3) is 0.385. The summed E-state index contributed by atoms with van der Waals surface area (Å²) >= 11 is 5.25. The summed E-state index contributed by atoms with van der Waals surface area (Å²) < 4.78 is 4.58. The first-order valence-corrected chi connectivity index (χ1v) is 5.82. The first-order chi connectivity index (χ1) is 8.11. The van der Waals surface area contributed by atoms with Gasteiger partial charge in [-0.2, -0.15) is 0 Å². The highest BCUT2D eigenvalue weighted by Crippen LogP contribution is 2.09. The van der Waals surface area contributed by atoms with E-state index in [-0.39, 0.29) is 17.6 Å². The summed E-state index contributed by atoms with van der Waals surface area (Å²) in [5.74, 6) is -0.245. The van der Waals surface area contributed by atoms with Crippen LogP contribution in [0.15, 0.2) is 24.3 Å². The fourth-order valence-corrected chi connectivity index (χ4v) is 1.63. The van der Waals surface area contributed by atoms with Gasteiger partial charge >= 0.3 is 5.97 Å². The van der Waals surface area contributed by atoms with Crippen LogP contribution >= 0.6 is 11.6 Å². The molecule has 0 aliphatic rings. The van der Waals surface area contributed by atoms with Crippen molar-refractivity contribution in [1.29, 1.82) is 0 Å². The smallest absolute Gasteiger partial charge is 0.309 e. The fourth-order valence-electron chi connectivity index (χ4n) is 1.49. The Morgan fingerprint density at radius 2 is 1.76 bits per heavy atom. The van der Waals surface area contributed by atoms with Crippen LogP contribution < -0.4 is 0 Å². The lowest BCUT2D eigenvalue weighted by Crippen LogP contribution is -2.04. The molecule has 0 heterocycles. The van der Waals surface area contributed by atoms with Crippen LogP contribution in [0.5, 0.6) is 0 Å². The zero-order chi connectivity index (χ0) is 12.7. The van der Waals surface area contributed by atoms with E-state index < -0.39 is 0 Å². The first kappa shape index (κ1) is 13.7. The zero-order valence-electron chi connectivity index (χ0n) is 9.74. The molecule has 0 fully saturated rings. The number of benzene rings is 1. The van der Waals surface area contributed by atoms with E-state index in [0.29, 0.717) is 6.42 Å². The van der Waals surface area contributed by atoms with E-state index in [1.807, 2.05) is 24.3 Å². The highest BCUT2D eigenvalue weighted by molar-refractivity contribution is 6.63. The Morgan fingerprint density at radius 3 is 2.29 bits per heavy atom. The number of carbonyl (C=O) groups is 2. The zero-order valence-corrected chi connectivity index (χ0v) is 10.5. The molecule has 1 aromatic carbocycles. The van der Waals surface area contributed by atoms with Crippen LogP contribution in [0.4, 0.5) is 0 Å². The summed E-state index contributed by atoms with van der Waals surface area (Å²) in [4.78, 5) is 21.6. The van der Waals surface area contributed by atoms with Crippen molar-refractivity contribution in [2.24, 2.45) is 0 Å². The van der Waals surface area contributed by atoms with Gasteiger partial charge in [-0.3, -0.25) is 9.59 Å². The number of carbonyl (C=O) groups excluding carboxylic acids is 2. The number of aryl methyl sites for hydroxylation is 1. The van der Waals surface area contributed by atoms with Crippen LogP contribution in [0.2, 0.25) is 0 Å². The molecule has 0 atom stereocenters. The standard InChI is InChI=1S/C13H15ClO3/c1-17-13(16)9-11-7-5-10(6-8-11)3-2-4-12(14)15/h5-8H,2-4,9H2,1H3. The number of halogens is 1. The second-order valence-corrected chi connectivity index (χ2v) is 4.20. The molecule has 0 spiro atoms. The van der Waals surface area contributed by atoms with E-state index >= 15 is 0 Å². The van der Waals surface area contributed by atoms with E-state index in [2.05, 4.69) is 4.74 Å². The van der Waals surface area contributed by atoms with Crippen LogP contribution in [0.25, 0.3) is 0 Å². The lowest BCUT2D eigenvalue weighted by Gasteiger charge is -2.03. The van der Waals surface area contributed by atoms with Gasteiger partial charge in [0.1, 0.15) is 0 Å². The number of hydrogen-bond acceptors (Lipinski definition) is 3. The van der Waals surface area contributed by atoms with Gasteiger partial charge in [0, 0.05) is 6.42 Å². The van der Waals surface area contributed by atoms with Crippen molar-refractivity contribution in [3.05, 3.63) is 35.4 Å². The molecule has 92 valence electrons. The van der Waals surface area contributed by atoms with Crippen LogP contribution in [-0.4, -0.2) is 18.3 Å². The Kier molecular flexibility index (Phi) is 5.70. The Hall–Kier alpha value is -1.35. The van der Waals surface area contributed by atoms with Crippen LogP contribution in [0.1, 0.15) is 24.0 Å². The Labute approximate surface area is 106 Å². The molecule has 0 N–H and O–H groups in total. The van der Waals surface area contributed by atoms with Gasteiger partial charge in [0.25, 0.3) is 0 Å². The number of esters is 1. The maximum Gasteiger partial charge on any atom is 0.309 e. The predicted octanol–water partition coefficient (Wildman–Crippen LogP) is 2.49. The van der Waals surface area contributed by atoms with Crippen molar-refractivity contribution in [3.63, 3.8) is 0 Å².